The van der Waals surface area contributed by atoms with Gasteiger partial charge in [-0.05, 0) is 46.2 Å². The Hall–Kier alpha value is -3.89. The molecule has 1 aliphatic rings. The highest BCUT2D eigenvalue weighted by molar-refractivity contribution is 5.70. The number of piperazine rings is 1. The number of nitrogens with zero attached hydrogens (tertiary/aromatic N) is 2. The molecule has 1 amide bonds. The van der Waals surface area contributed by atoms with E-state index in [0.29, 0.717) is 18.8 Å². The second-order valence-electron chi connectivity index (χ2n) is 11.5. The van der Waals surface area contributed by atoms with Crippen LogP contribution in [0.2, 0.25) is 0 Å². The maximum absolute atomic E-state index is 13.0. The van der Waals surface area contributed by atoms with Crippen LogP contribution in [0.4, 0.5) is 4.79 Å². The molecule has 4 nitrogen and oxygen atoms in total. The fourth-order valence-corrected chi connectivity index (χ4v) is 5.76. The number of ether oxygens (including phenoxy) is 1. The normalized spacial score (nSPS) is 14.7. The lowest BCUT2D eigenvalue weighted by atomic mass is 9.74. The van der Waals surface area contributed by atoms with E-state index < -0.39 is 5.54 Å². The smallest absolute Gasteiger partial charge is 0.410 e. The fourth-order valence-electron chi connectivity index (χ4n) is 5.76. The molecule has 0 bridgehead atoms. The molecule has 0 radical (unpaired) electrons. The molecule has 0 aromatic heterocycles. The van der Waals surface area contributed by atoms with E-state index in [4.69, 9.17) is 4.74 Å². The summed E-state index contributed by atoms with van der Waals surface area (Å²) in [5.41, 5.74) is 4.76. The van der Waals surface area contributed by atoms with E-state index in [9.17, 15) is 4.79 Å². The Labute approximate surface area is 232 Å². The van der Waals surface area contributed by atoms with Crippen molar-refractivity contribution in [2.24, 2.45) is 5.41 Å². The highest BCUT2D eigenvalue weighted by Gasteiger charge is 2.43. The Kier molecular flexibility index (Phi) is 7.85. The number of rotatable bonds is 6. The van der Waals surface area contributed by atoms with Crippen LogP contribution in [-0.4, -0.2) is 42.1 Å². The van der Waals surface area contributed by atoms with Gasteiger partial charge >= 0.3 is 6.09 Å². The number of hydrogen-bond donors (Lipinski definition) is 0. The van der Waals surface area contributed by atoms with Crippen molar-refractivity contribution in [1.29, 1.82) is 0 Å². The van der Waals surface area contributed by atoms with E-state index in [1.807, 2.05) is 35.2 Å². The molecule has 0 saturated carbocycles. The first kappa shape index (κ1) is 26.7. The molecule has 5 rings (SSSR count). The van der Waals surface area contributed by atoms with Crippen molar-refractivity contribution in [3.05, 3.63) is 138 Å². The van der Waals surface area contributed by atoms with Crippen LogP contribution in [0, 0.1) is 5.41 Å². The van der Waals surface area contributed by atoms with Crippen LogP contribution < -0.4 is 4.74 Å². The maximum Gasteiger partial charge on any atom is 0.415 e. The molecule has 0 unspecified atom stereocenters. The van der Waals surface area contributed by atoms with Gasteiger partial charge < -0.3 is 9.64 Å². The fraction of sp³-hybridized carbons (Fsp3) is 0.286. The number of para-hydroxylation sites is 1. The van der Waals surface area contributed by atoms with Gasteiger partial charge in [-0.1, -0.05) is 124 Å². The van der Waals surface area contributed by atoms with Crippen molar-refractivity contribution in [2.45, 2.75) is 32.7 Å². The highest BCUT2D eigenvalue weighted by atomic mass is 16.6. The van der Waals surface area contributed by atoms with E-state index in [-0.39, 0.29) is 11.5 Å². The van der Waals surface area contributed by atoms with Crippen molar-refractivity contribution in [1.82, 2.24) is 9.80 Å². The van der Waals surface area contributed by atoms with Gasteiger partial charge in [-0.15, -0.1) is 0 Å². The molecule has 4 aromatic carbocycles. The van der Waals surface area contributed by atoms with Crippen LogP contribution in [0.25, 0.3) is 0 Å². The first-order valence-electron chi connectivity index (χ1n) is 13.8. The zero-order valence-corrected chi connectivity index (χ0v) is 23.2. The van der Waals surface area contributed by atoms with Gasteiger partial charge in [-0.25, -0.2) is 4.79 Å². The molecule has 0 atom stereocenters. The van der Waals surface area contributed by atoms with E-state index in [1.54, 1.807) is 0 Å². The van der Waals surface area contributed by atoms with Gasteiger partial charge in [0.15, 0.2) is 0 Å². The summed E-state index contributed by atoms with van der Waals surface area (Å²) in [4.78, 5) is 17.3. The third-order valence-corrected chi connectivity index (χ3v) is 7.45. The van der Waals surface area contributed by atoms with Crippen LogP contribution >= 0.6 is 0 Å². The first-order valence-corrected chi connectivity index (χ1v) is 13.8. The number of benzene rings is 4. The molecule has 0 N–H and O–H groups in total. The number of amides is 1. The van der Waals surface area contributed by atoms with Gasteiger partial charge in [0.05, 0.1) is 5.54 Å². The number of carbonyl (C=O) groups is 1. The van der Waals surface area contributed by atoms with Crippen molar-refractivity contribution in [3.63, 3.8) is 0 Å². The summed E-state index contributed by atoms with van der Waals surface area (Å²) >= 11 is 0. The topological polar surface area (TPSA) is 32.8 Å². The second-order valence-corrected chi connectivity index (χ2v) is 11.5. The van der Waals surface area contributed by atoms with Gasteiger partial charge in [0.25, 0.3) is 0 Å². The standard InChI is InChI=1S/C35H38N2O2/c1-34(2,3)27-28-19-21-31(22-20-28)35(29-13-7-4-8-14-29,30-15-9-5-10-16-30)37-25-23-36(24-26-37)33(38)39-32-17-11-6-12-18-32/h4-22H,23-27H2,1-3H3. The van der Waals surface area contributed by atoms with Gasteiger partial charge in [0.1, 0.15) is 5.75 Å². The lowest BCUT2D eigenvalue weighted by Gasteiger charge is -2.49. The summed E-state index contributed by atoms with van der Waals surface area (Å²) in [7, 11) is 0. The van der Waals surface area contributed by atoms with Gasteiger partial charge in [0.2, 0.25) is 0 Å². The van der Waals surface area contributed by atoms with Crippen LogP contribution in [0.1, 0.15) is 43.0 Å². The molecule has 4 heteroatoms. The van der Waals surface area contributed by atoms with Crippen molar-refractivity contribution >= 4 is 6.09 Å². The Morgan fingerprint density at radius 2 is 1.10 bits per heavy atom. The minimum absolute atomic E-state index is 0.224. The van der Waals surface area contributed by atoms with Crippen molar-refractivity contribution < 1.29 is 9.53 Å². The van der Waals surface area contributed by atoms with Crippen LogP contribution in [0.3, 0.4) is 0 Å². The Morgan fingerprint density at radius 3 is 1.59 bits per heavy atom. The monoisotopic (exact) mass is 518 g/mol. The molecule has 1 fully saturated rings. The summed E-state index contributed by atoms with van der Waals surface area (Å²) in [5.74, 6) is 0.572. The Bertz CT molecular complexity index is 1300. The quantitative estimate of drug-likeness (QED) is 0.250. The third kappa shape index (κ3) is 5.91. The van der Waals surface area contributed by atoms with E-state index in [0.717, 1.165) is 19.5 Å². The average Bonchev–Trinajstić information content (AvgIpc) is 2.96. The first-order chi connectivity index (χ1) is 18.9. The van der Waals surface area contributed by atoms with Crippen LogP contribution in [0.5, 0.6) is 5.75 Å². The summed E-state index contributed by atoms with van der Waals surface area (Å²) < 4.78 is 5.65. The van der Waals surface area contributed by atoms with Gasteiger partial charge in [0, 0.05) is 26.2 Å². The molecule has 1 saturated heterocycles. The predicted molar refractivity (Wildman–Crippen MR) is 158 cm³/mol. The summed E-state index contributed by atoms with van der Waals surface area (Å²) in [6.07, 6.45) is 0.733. The molecule has 4 aromatic rings. The summed E-state index contributed by atoms with van der Waals surface area (Å²) in [6.45, 7) is 9.46. The highest BCUT2D eigenvalue weighted by Crippen LogP contribution is 2.43. The van der Waals surface area contributed by atoms with Gasteiger partial charge in [-0.3, -0.25) is 4.90 Å². The zero-order valence-electron chi connectivity index (χ0n) is 23.2. The summed E-state index contributed by atoms with van der Waals surface area (Å²) in [6, 6.07) is 40.0. The minimum Gasteiger partial charge on any atom is -0.410 e. The van der Waals surface area contributed by atoms with Crippen molar-refractivity contribution in [3.8, 4) is 5.75 Å². The van der Waals surface area contributed by atoms with E-state index in [2.05, 4.69) is 111 Å². The largest absolute Gasteiger partial charge is 0.415 e. The molecule has 1 heterocycles. The van der Waals surface area contributed by atoms with E-state index >= 15 is 0 Å². The van der Waals surface area contributed by atoms with E-state index in [1.165, 1.54) is 22.3 Å². The molecule has 1 aliphatic heterocycles. The molecular formula is C35H38N2O2. The SMILES string of the molecule is CC(C)(C)Cc1ccc(C(c2ccccc2)(c2ccccc2)N2CCN(C(=O)Oc3ccccc3)CC2)cc1. The Balaban J connectivity index is 1.51. The molecule has 200 valence electrons. The lowest BCUT2D eigenvalue weighted by Crippen LogP contribution is -2.57. The minimum atomic E-state index is -0.488. The number of carbonyl (C=O) groups excluding carboxylic acids is 1. The number of hydrogen-bond acceptors (Lipinski definition) is 3. The second kappa shape index (κ2) is 11.5. The third-order valence-electron chi connectivity index (χ3n) is 7.45. The Morgan fingerprint density at radius 1 is 0.641 bits per heavy atom. The maximum atomic E-state index is 13.0. The molecule has 0 spiro atoms. The molecular weight excluding hydrogens is 480 g/mol. The molecule has 0 aliphatic carbocycles. The van der Waals surface area contributed by atoms with Crippen molar-refractivity contribution in [2.75, 3.05) is 26.2 Å². The zero-order chi connectivity index (χ0) is 27.3. The summed E-state index contributed by atoms with van der Waals surface area (Å²) in [5, 5.41) is 0. The van der Waals surface area contributed by atoms with Crippen LogP contribution in [-0.2, 0) is 12.0 Å². The molecule has 39 heavy (non-hydrogen) atoms. The van der Waals surface area contributed by atoms with Crippen LogP contribution in [0.15, 0.2) is 115 Å². The lowest BCUT2D eigenvalue weighted by molar-refractivity contribution is 0.0714. The van der Waals surface area contributed by atoms with Gasteiger partial charge in [-0.2, -0.15) is 0 Å². The predicted octanol–water partition coefficient (Wildman–Crippen LogP) is 7.38. The average molecular weight is 519 g/mol.